The predicted octanol–water partition coefficient (Wildman–Crippen LogP) is 5.00. The Balaban J connectivity index is 1.52. The lowest BCUT2D eigenvalue weighted by atomic mass is 10.0. The van der Waals surface area contributed by atoms with Gasteiger partial charge >= 0.3 is 6.18 Å². The van der Waals surface area contributed by atoms with Crippen LogP contribution in [0.5, 0.6) is 5.88 Å². The summed E-state index contributed by atoms with van der Waals surface area (Å²) in [6.07, 6.45) is 0.703. The van der Waals surface area contributed by atoms with Crippen molar-refractivity contribution in [3.63, 3.8) is 0 Å². The maximum Gasteiger partial charge on any atom is 0.433 e. The fourth-order valence-electron chi connectivity index (χ4n) is 4.07. The highest BCUT2D eigenvalue weighted by Crippen LogP contribution is 2.36. The molecule has 1 aliphatic heterocycles. The number of ether oxygens (including phenoxy) is 1. The van der Waals surface area contributed by atoms with Gasteiger partial charge in [-0.15, -0.1) is 0 Å². The molecule has 0 bridgehead atoms. The fraction of sp³-hybridized carbons (Fsp3) is 0.273. The number of alkyl halides is 3. The minimum Gasteiger partial charge on any atom is -0.481 e. The van der Waals surface area contributed by atoms with E-state index in [0.717, 1.165) is 29.3 Å². The van der Waals surface area contributed by atoms with Crippen molar-refractivity contribution < 1.29 is 22.3 Å². The molecule has 7 nitrogen and oxygen atoms in total. The summed E-state index contributed by atoms with van der Waals surface area (Å²) in [5.41, 5.74) is -0.541. The van der Waals surface area contributed by atoms with Crippen LogP contribution in [0.4, 0.5) is 23.4 Å². The number of rotatable bonds is 4. The summed E-state index contributed by atoms with van der Waals surface area (Å²) < 4.78 is 60.7. The quantitative estimate of drug-likeness (QED) is 0.434. The third kappa shape index (κ3) is 3.83. The summed E-state index contributed by atoms with van der Waals surface area (Å²) in [5.74, 6) is 0.227. The van der Waals surface area contributed by atoms with E-state index < -0.39 is 17.7 Å². The van der Waals surface area contributed by atoms with E-state index in [2.05, 4.69) is 25.4 Å². The first kappa shape index (κ1) is 21.1. The summed E-state index contributed by atoms with van der Waals surface area (Å²) >= 11 is 0. The van der Waals surface area contributed by atoms with Gasteiger partial charge in [0.05, 0.1) is 30.7 Å². The van der Waals surface area contributed by atoms with Gasteiger partial charge in [-0.3, -0.25) is 4.68 Å². The van der Waals surface area contributed by atoms with Gasteiger partial charge in [-0.05, 0) is 37.1 Å². The number of hydrogen-bond acceptors (Lipinski definition) is 6. The summed E-state index contributed by atoms with van der Waals surface area (Å²) in [6.45, 7) is 0.576. The van der Waals surface area contributed by atoms with Gasteiger partial charge < -0.3 is 10.1 Å². The number of pyridine rings is 3. The predicted molar refractivity (Wildman–Crippen MR) is 112 cm³/mol. The number of nitrogens with one attached hydrogen (secondary N) is 1. The molecule has 11 heteroatoms. The lowest BCUT2D eigenvalue weighted by molar-refractivity contribution is -0.141. The third-order valence-electron chi connectivity index (χ3n) is 5.61. The van der Waals surface area contributed by atoms with E-state index in [1.54, 1.807) is 36.3 Å². The fourth-order valence-corrected chi connectivity index (χ4v) is 4.07. The van der Waals surface area contributed by atoms with Crippen molar-refractivity contribution in [2.75, 3.05) is 12.4 Å². The molecule has 0 radical (unpaired) electrons. The van der Waals surface area contributed by atoms with Gasteiger partial charge in [0.1, 0.15) is 11.5 Å². The molecule has 5 heterocycles. The van der Waals surface area contributed by atoms with Crippen LogP contribution in [0.3, 0.4) is 0 Å². The highest BCUT2D eigenvalue weighted by molar-refractivity contribution is 5.94. The van der Waals surface area contributed by atoms with Crippen LogP contribution in [0.2, 0.25) is 0 Å². The average molecular weight is 458 g/mol. The maximum atomic E-state index is 14.4. The van der Waals surface area contributed by atoms with Crippen molar-refractivity contribution in [3.05, 3.63) is 60.1 Å². The van der Waals surface area contributed by atoms with Crippen LogP contribution in [0.1, 0.15) is 30.3 Å². The number of methoxy groups -OCH3 is 1. The second-order valence-electron chi connectivity index (χ2n) is 7.64. The number of fused-ring (bicyclic) bond motifs is 2. The van der Waals surface area contributed by atoms with Gasteiger partial charge in [0.15, 0.2) is 5.82 Å². The van der Waals surface area contributed by atoms with Crippen LogP contribution >= 0.6 is 0 Å². The lowest BCUT2D eigenvalue weighted by Crippen LogP contribution is -2.22. The number of nitrogens with zero attached hydrogens (tertiary/aromatic N) is 5. The van der Waals surface area contributed by atoms with E-state index >= 15 is 0 Å². The van der Waals surface area contributed by atoms with Crippen LogP contribution in [0.15, 0.2) is 42.9 Å². The van der Waals surface area contributed by atoms with Gasteiger partial charge in [-0.2, -0.15) is 18.3 Å². The molecule has 33 heavy (non-hydrogen) atoms. The molecule has 0 aromatic carbocycles. The third-order valence-corrected chi connectivity index (χ3v) is 5.61. The Morgan fingerprint density at radius 2 is 1.88 bits per heavy atom. The summed E-state index contributed by atoms with van der Waals surface area (Å²) in [4.78, 5) is 11.8. The zero-order chi connectivity index (χ0) is 23.2. The molecule has 0 saturated heterocycles. The highest BCUT2D eigenvalue weighted by Gasteiger charge is 2.34. The molecular formula is C22H18F4N6O. The number of aryl methyl sites for hydroxylation is 1. The molecule has 1 N–H and O–H groups in total. The monoisotopic (exact) mass is 458 g/mol. The Hall–Kier alpha value is -3.76. The molecule has 0 saturated carbocycles. The van der Waals surface area contributed by atoms with Crippen molar-refractivity contribution in [1.29, 1.82) is 0 Å². The molecule has 4 aromatic rings. The first-order chi connectivity index (χ1) is 15.8. The molecule has 170 valence electrons. The minimum absolute atomic E-state index is 0.126. The standard InChI is InChI=1S/C22H18F4N6O/c1-33-21-13-5-6-27-20(12(13)4-7-28-21)30-16-3-2-8-32-18(16)10-17(31-32)14-9-19(22(24,25)26)29-11-15(14)23/h4-7,9-11,16H,2-3,8H2,1H3,(H,27,30)/t16-/m0/s1. The molecule has 0 spiro atoms. The molecule has 1 aliphatic rings. The van der Waals surface area contributed by atoms with E-state index in [9.17, 15) is 17.6 Å². The Kier molecular flexibility index (Phi) is 5.10. The van der Waals surface area contributed by atoms with Gasteiger partial charge in [0, 0.05) is 35.3 Å². The highest BCUT2D eigenvalue weighted by atomic mass is 19.4. The number of aromatic nitrogens is 5. The second kappa shape index (κ2) is 7.98. The first-order valence-electron chi connectivity index (χ1n) is 10.2. The van der Waals surface area contributed by atoms with E-state index in [1.807, 2.05) is 6.07 Å². The van der Waals surface area contributed by atoms with Crippen molar-refractivity contribution in [1.82, 2.24) is 24.7 Å². The number of hydrogen-bond donors (Lipinski definition) is 1. The van der Waals surface area contributed by atoms with Gasteiger partial charge in [-0.1, -0.05) is 0 Å². The SMILES string of the molecule is COc1nccc2c(N[C@H]3CCCn4nc(-c5cc(C(F)(F)F)ncc5F)cc43)nccc12. The lowest BCUT2D eigenvalue weighted by Gasteiger charge is -2.25. The topological polar surface area (TPSA) is 77.8 Å². The Labute approximate surface area is 185 Å². The molecule has 0 amide bonds. The zero-order valence-corrected chi connectivity index (χ0v) is 17.4. The summed E-state index contributed by atoms with van der Waals surface area (Å²) in [6, 6.07) is 5.72. The molecule has 4 aromatic heterocycles. The minimum atomic E-state index is -4.68. The Morgan fingerprint density at radius 1 is 1.09 bits per heavy atom. The molecule has 0 fully saturated rings. The van der Waals surface area contributed by atoms with Crippen molar-refractivity contribution in [2.24, 2.45) is 0 Å². The van der Waals surface area contributed by atoms with Crippen LogP contribution in [0, 0.1) is 5.82 Å². The molecule has 0 aliphatic carbocycles. The van der Waals surface area contributed by atoms with Crippen LogP contribution in [-0.4, -0.2) is 31.8 Å². The van der Waals surface area contributed by atoms with Gasteiger partial charge in [0.25, 0.3) is 0 Å². The van der Waals surface area contributed by atoms with Crippen LogP contribution in [-0.2, 0) is 12.7 Å². The van der Waals surface area contributed by atoms with E-state index in [0.29, 0.717) is 30.5 Å². The maximum absolute atomic E-state index is 14.4. The molecule has 0 unspecified atom stereocenters. The van der Waals surface area contributed by atoms with Gasteiger partial charge in [-0.25, -0.2) is 19.3 Å². The number of halogens is 4. The second-order valence-corrected chi connectivity index (χ2v) is 7.64. The van der Waals surface area contributed by atoms with E-state index in [1.165, 1.54) is 0 Å². The Bertz CT molecular complexity index is 1340. The molecule has 1 atom stereocenters. The summed E-state index contributed by atoms with van der Waals surface area (Å²) in [7, 11) is 1.54. The van der Waals surface area contributed by atoms with Crippen LogP contribution in [0.25, 0.3) is 22.0 Å². The van der Waals surface area contributed by atoms with Crippen LogP contribution < -0.4 is 10.1 Å². The smallest absolute Gasteiger partial charge is 0.433 e. The van der Waals surface area contributed by atoms with E-state index in [4.69, 9.17) is 4.74 Å². The van der Waals surface area contributed by atoms with Crippen molar-refractivity contribution in [3.8, 4) is 17.1 Å². The molecular weight excluding hydrogens is 440 g/mol. The average Bonchev–Trinajstić information content (AvgIpc) is 3.23. The van der Waals surface area contributed by atoms with Crippen molar-refractivity contribution >= 4 is 16.6 Å². The largest absolute Gasteiger partial charge is 0.481 e. The number of anilines is 1. The first-order valence-corrected chi connectivity index (χ1v) is 10.2. The summed E-state index contributed by atoms with van der Waals surface area (Å²) in [5, 5.41) is 9.39. The van der Waals surface area contributed by atoms with Gasteiger partial charge in [0.2, 0.25) is 5.88 Å². The zero-order valence-electron chi connectivity index (χ0n) is 17.4. The Morgan fingerprint density at radius 3 is 2.67 bits per heavy atom. The van der Waals surface area contributed by atoms with Crippen molar-refractivity contribution in [2.45, 2.75) is 31.6 Å². The normalized spacial score (nSPS) is 16.0. The van der Waals surface area contributed by atoms with E-state index in [-0.39, 0.29) is 17.3 Å². The molecule has 5 rings (SSSR count).